The van der Waals surface area contributed by atoms with Crippen LogP contribution in [0.1, 0.15) is 42.0 Å². The summed E-state index contributed by atoms with van der Waals surface area (Å²) in [6, 6.07) is 5.68. The van der Waals surface area contributed by atoms with Gasteiger partial charge in [0.25, 0.3) is 0 Å². The molecule has 0 saturated heterocycles. The van der Waals surface area contributed by atoms with Crippen LogP contribution in [0.25, 0.3) is 11.1 Å². The van der Waals surface area contributed by atoms with Crippen molar-refractivity contribution < 1.29 is 62.2 Å². The van der Waals surface area contributed by atoms with Crippen LogP contribution in [0.15, 0.2) is 54.6 Å². The van der Waals surface area contributed by atoms with E-state index in [-0.39, 0.29) is 29.8 Å². The van der Waals surface area contributed by atoms with E-state index in [1.54, 1.807) is 0 Å². The summed E-state index contributed by atoms with van der Waals surface area (Å²) in [7, 11) is 0. The van der Waals surface area contributed by atoms with Gasteiger partial charge in [0, 0.05) is 23.3 Å². The van der Waals surface area contributed by atoms with E-state index >= 15 is 0 Å². The molecule has 0 atom stereocenters. The number of hydrogen-bond acceptors (Lipinski definition) is 2. The van der Waals surface area contributed by atoms with Gasteiger partial charge in [-0.3, -0.25) is 0 Å². The largest absolute Gasteiger partial charge is 0.573 e. The number of unbranched alkanes of at least 4 members (excludes halogenated alkanes) is 1. The Morgan fingerprint density at radius 3 is 1.74 bits per heavy atom. The fourth-order valence-electron chi connectivity index (χ4n) is 4.24. The lowest BCUT2D eigenvalue weighted by atomic mass is 9.99. The molecule has 0 bridgehead atoms. The molecule has 0 spiro atoms. The minimum Gasteiger partial charge on any atom is -0.429 e. The lowest BCUT2D eigenvalue weighted by molar-refractivity contribution is -0.276. The van der Waals surface area contributed by atoms with Crippen LogP contribution in [0.5, 0.6) is 11.5 Å². The van der Waals surface area contributed by atoms with Gasteiger partial charge in [-0.15, -0.1) is 13.2 Å². The first kappa shape index (κ1) is 34.1. The SMILES string of the molecule is CCCCc1ccc(-c2cc(F)c(C(F)(F)Oc3cc(F)c(C#Cc4cc(F)c(OC(F)(F)F)c(F)c4)c(F)c3)c(F)c2)c(F)c1. The monoisotopic (exact) mass is 662 g/mol. The van der Waals surface area contributed by atoms with Crippen LogP contribution in [0, 0.1) is 52.6 Å². The van der Waals surface area contributed by atoms with Crippen molar-refractivity contribution in [2.75, 3.05) is 0 Å². The average molecular weight is 662 g/mol. The predicted octanol–water partition coefficient (Wildman–Crippen LogP) is 10.1. The van der Waals surface area contributed by atoms with Crippen molar-refractivity contribution >= 4 is 0 Å². The molecular weight excluding hydrogens is 644 g/mol. The maximum Gasteiger partial charge on any atom is 0.573 e. The van der Waals surface area contributed by atoms with Crippen LogP contribution in [0.3, 0.4) is 0 Å². The number of hydrogen-bond donors (Lipinski definition) is 0. The average Bonchev–Trinajstić information content (AvgIpc) is 2.92. The van der Waals surface area contributed by atoms with Crippen LogP contribution in [-0.4, -0.2) is 6.36 Å². The van der Waals surface area contributed by atoms with Gasteiger partial charge in [0.05, 0.1) is 5.56 Å². The molecule has 0 N–H and O–H groups in total. The molecule has 0 aliphatic heterocycles. The minimum absolute atomic E-state index is 0.169. The summed E-state index contributed by atoms with van der Waals surface area (Å²) in [6.07, 6.45) is -8.13. The van der Waals surface area contributed by atoms with Gasteiger partial charge in [-0.1, -0.05) is 37.3 Å². The minimum atomic E-state index is -5.43. The highest BCUT2D eigenvalue weighted by molar-refractivity contribution is 5.65. The zero-order valence-corrected chi connectivity index (χ0v) is 23.2. The molecule has 0 aliphatic carbocycles. The summed E-state index contributed by atoms with van der Waals surface area (Å²) in [4.78, 5) is 0. The topological polar surface area (TPSA) is 18.5 Å². The zero-order chi connectivity index (χ0) is 34.0. The first-order valence-electron chi connectivity index (χ1n) is 13.1. The molecular formula is C32H18F12O2. The number of halogens is 12. The summed E-state index contributed by atoms with van der Waals surface area (Å²) in [6.45, 7) is 1.93. The van der Waals surface area contributed by atoms with Gasteiger partial charge in [0.15, 0.2) is 11.6 Å². The molecule has 0 heterocycles. The summed E-state index contributed by atoms with van der Waals surface area (Å²) in [5.74, 6) is -10.9. The second kappa shape index (κ2) is 13.3. The molecule has 0 radical (unpaired) electrons. The van der Waals surface area contributed by atoms with E-state index in [0.717, 1.165) is 18.9 Å². The van der Waals surface area contributed by atoms with Crippen molar-refractivity contribution in [3.05, 3.63) is 118 Å². The van der Waals surface area contributed by atoms with Gasteiger partial charge in [0.1, 0.15) is 40.4 Å². The standard InChI is InChI=1S/C32H18F12O2/c1-2-3-4-16-5-7-20(22(33)9-16)18-12-25(36)29(26(37)13-18)31(40,41)45-19-14-23(34)21(24(35)15-19)8-6-17-10-27(38)30(28(39)11-17)46-32(42,43)44/h5,7,9-15H,2-4H2,1H3. The first-order chi connectivity index (χ1) is 21.5. The highest BCUT2D eigenvalue weighted by Gasteiger charge is 2.41. The second-order valence-electron chi connectivity index (χ2n) is 9.68. The summed E-state index contributed by atoms with van der Waals surface area (Å²) < 4.78 is 175. The third-order valence-corrected chi connectivity index (χ3v) is 6.31. The number of ether oxygens (including phenoxy) is 2. The van der Waals surface area contributed by atoms with Crippen molar-refractivity contribution in [2.24, 2.45) is 0 Å². The van der Waals surface area contributed by atoms with E-state index in [9.17, 15) is 52.7 Å². The Morgan fingerprint density at radius 2 is 1.22 bits per heavy atom. The molecule has 4 aromatic carbocycles. The molecule has 46 heavy (non-hydrogen) atoms. The van der Waals surface area contributed by atoms with Crippen LogP contribution < -0.4 is 9.47 Å². The molecule has 0 saturated carbocycles. The van der Waals surface area contributed by atoms with Gasteiger partial charge in [-0.25, -0.2) is 30.7 Å². The van der Waals surface area contributed by atoms with Crippen molar-refractivity contribution in [3.8, 4) is 34.5 Å². The predicted molar refractivity (Wildman–Crippen MR) is 140 cm³/mol. The van der Waals surface area contributed by atoms with E-state index in [2.05, 4.69) is 9.47 Å². The molecule has 242 valence electrons. The number of alkyl halides is 5. The molecule has 0 amide bonds. The third kappa shape index (κ3) is 7.88. The Morgan fingerprint density at radius 1 is 0.630 bits per heavy atom. The van der Waals surface area contributed by atoms with E-state index in [0.29, 0.717) is 24.1 Å². The summed E-state index contributed by atoms with van der Waals surface area (Å²) in [5, 5.41) is 0. The Bertz CT molecular complexity index is 1770. The fourth-order valence-corrected chi connectivity index (χ4v) is 4.24. The van der Waals surface area contributed by atoms with E-state index in [1.165, 1.54) is 12.1 Å². The Labute approximate surface area is 253 Å². The van der Waals surface area contributed by atoms with Gasteiger partial charge in [-0.05, 0) is 54.3 Å². The van der Waals surface area contributed by atoms with Gasteiger partial charge < -0.3 is 9.47 Å². The third-order valence-electron chi connectivity index (χ3n) is 6.31. The maximum absolute atomic E-state index is 14.9. The lowest BCUT2D eigenvalue weighted by Crippen LogP contribution is -2.25. The summed E-state index contributed by atoms with van der Waals surface area (Å²) in [5.41, 5.74) is -3.83. The highest BCUT2D eigenvalue weighted by Crippen LogP contribution is 2.38. The Balaban J connectivity index is 1.58. The molecule has 0 fully saturated rings. The Kier molecular flexibility index (Phi) is 9.84. The molecule has 2 nitrogen and oxygen atoms in total. The molecule has 4 rings (SSSR count). The quantitative estimate of drug-likeness (QED) is 0.138. The normalized spacial score (nSPS) is 11.7. The number of aryl methyl sites for hydroxylation is 1. The van der Waals surface area contributed by atoms with Crippen molar-refractivity contribution in [2.45, 2.75) is 38.7 Å². The smallest absolute Gasteiger partial charge is 0.429 e. The number of benzene rings is 4. The lowest BCUT2D eigenvalue weighted by Gasteiger charge is -2.20. The molecule has 0 unspecified atom stereocenters. The second-order valence-corrected chi connectivity index (χ2v) is 9.68. The van der Waals surface area contributed by atoms with Gasteiger partial charge in [-0.2, -0.15) is 8.78 Å². The van der Waals surface area contributed by atoms with Crippen LogP contribution in [-0.2, 0) is 12.5 Å². The van der Waals surface area contributed by atoms with Crippen LogP contribution in [0.4, 0.5) is 52.7 Å². The zero-order valence-electron chi connectivity index (χ0n) is 23.2. The van der Waals surface area contributed by atoms with Crippen molar-refractivity contribution in [1.29, 1.82) is 0 Å². The summed E-state index contributed by atoms with van der Waals surface area (Å²) >= 11 is 0. The highest BCUT2D eigenvalue weighted by atomic mass is 19.4. The molecule has 0 aliphatic rings. The first-order valence-corrected chi connectivity index (χ1v) is 13.1. The molecule has 0 aromatic heterocycles. The van der Waals surface area contributed by atoms with E-state index in [1.807, 2.05) is 18.8 Å². The van der Waals surface area contributed by atoms with Crippen LogP contribution in [0.2, 0.25) is 0 Å². The fraction of sp³-hybridized carbons (Fsp3) is 0.188. The number of rotatable bonds is 8. The maximum atomic E-state index is 14.9. The van der Waals surface area contributed by atoms with Crippen LogP contribution >= 0.6 is 0 Å². The van der Waals surface area contributed by atoms with Gasteiger partial charge in [0.2, 0.25) is 5.75 Å². The van der Waals surface area contributed by atoms with E-state index < -0.39 is 86.9 Å². The Hall–Kier alpha value is -4.80. The van der Waals surface area contributed by atoms with Gasteiger partial charge >= 0.3 is 12.5 Å². The molecule has 14 heteroatoms. The van der Waals surface area contributed by atoms with E-state index in [4.69, 9.17) is 0 Å². The van der Waals surface area contributed by atoms with Crippen molar-refractivity contribution in [1.82, 2.24) is 0 Å². The van der Waals surface area contributed by atoms with Crippen molar-refractivity contribution in [3.63, 3.8) is 0 Å². The molecule has 4 aromatic rings.